The molecule has 0 bridgehead atoms. The Balaban J connectivity index is 1.89. The van der Waals surface area contributed by atoms with E-state index in [1.807, 2.05) is 30.3 Å². The fraction of sp³-hybridized carbons (Fsp3) is 0.350. The highest BCUT2D eigenvalue weighted by molar-refractivity contribution is 5.79. The molecule has 5 nitrogen and oxygen atoms in total. The Morgan fingerprint density at radius 2 is 1.76 bits per heavy atom. The smallest absolute Gasteiger partial charge is 0.191 e. The van der Waals surface area contributed by atoms with E-state index < -0.39 is 0 Å². The molecule has 2 aromatic rings. The SMILES string of the molecule is CCNC(=NCc1ccccc1OC)NCCN(C)c1ccccc1. The van der Waals surface area contributed by atoms with Gasteiger partial charge >= 0.3 is 0 Å². The summed E-state index contributed by atoms with van der Waals surface area (Å²) in [6, 6.07) is 18.3. The Morgan fingerprint density at radius 3 is 2.48 bits per heavy atom. The van der Waals surface area contributed by atoms with E-state index >= 15 is 0 Å². The summed E-state index contributed by atoms with van der Waals surface area (Å²) in [7, 11) is 3.78. The molecule has 0 aliphatic heterocycles. The fourth-order valence-corrected chi connectivity index (χ4v) is 2.49. The minimum Gasteiger partial charge on any atom is -0.496 e. The summed E-state index contributed by atoms with van der Waals surface area (Å²) in [5.41, 5.74) is 2.28. The maximum absolute atomic E-state index is 5.38. The van der Waals surface area contributed by atoms with Gasteiger partial charge in [-0.3, -0.25) is 0 Å². The molecule has 0 unspecified atom stereocenters. The normalized spacial score (nSPS) is 11.1. The predicted molar refractivity (Wildman–Crippen MR) is 106 cm³/mol. The van der Waals surface area contributed by atoms with Crippen LogP contribution in [0.25, 0.3) is 0 Å². The second-order valence-corrected chi connectivity index (χ2v) is 5.69. The summed E-state index contributed by atoms with van der Waals surface area (Å²) in [5.74, 6) is 1.68. The van der Waals surface area contributed by atoms with Gasteiger partial charge in [-0.15, -0.1) is 0 Å². The standard InChI is InChI=1S/C20H28N4O/c1-4-21-20(23-16-17-10-8-9-13-19(17)25-3)22-14-15-24(2)18-11-6-5-7-12-18/h5-13H,4,14-16H2,1-3H3,(H2,21,22,23). The molecule has 25 heavy (non-hydrogen) atoms. The number of rotatable bonds is 8. The first-order valence-electron chi connectivity index (χ1n) is 8.65. The number of hydrogen-bond donors (Lipinski definition) is 2. The second-order valence-electron chi connectivity index (χ2n) is 5.69. The Hall–Kier alpha value is -2.69. The number of anilines is 1. The van der Waals surface area contributed by atoms with Crippen LogP contribution in [0.5, 0.6) is 5.75 Å². The number of likely N-dealkylation sites (N-methyl/N-ethyl adjacent to an activating group) is 1. The summed E-state index contributed by atoms with van der Waals surface area (Å²) in [5, 5.41) is 6.67. The first-order valence-corrected chi connectivity index (χ1v) is 8.65. The van der Waals surface area contributed by atoms with Crippen LogP contribution in [0.15, 0.2) is 59.6 Å². The fourth-order valence-electron chi connectivity index (χ4n) is 2.49. The molecule has 0 heterocycles. The Bertz CT molecular complexity index is 658. The van der Waals surface area contributed by atoms with Gasteiger partial charge in [-0.1, -0.05) is 36.4 Å². The van der Waals surface area contributed by atoms with Gasteiger partial charge in [0.05, 0.1) is 13.7 Å². The number of aliphatic imine (C=N–C) groups is 1. The van der Waals surface area contributed by atoms with E-state index in [4.69, 9.17) is 4.74 Å². The molecule has 0 aliphatic carbocycles. The molecule has 0 saturated heterocycles. The lowest BCUT2D eigenvalue weighted by atomic mass is 10.2. The molecular formula is C20H28N4O. The minimum atomic E-state index is 0.577. The maximum Gasteiger partial charge on any atom is 0.191 e. The van der Waals surface area contributed by atoms with Gasteiger partial charge in [0, 0.05) is 37.9 Å². The third-order valence-corrected chi connectivity index (χ3v) is 3.88. The van der Waals surface area contributed by atoms with Crippen molar-refractivity contribution in [3.05, 3.63) is 60.2 Å². The van der Waals surface area contributed by atoms with Crippen LogP contribution >= 0.6 is 0 Å². The van der Waals surface area contributed by atoms with Gasteiger partial charge in [0.15, 0.2) is 5.96 Å². The number of benzene rings is 2. The second kappa shape index (κ2) is 10.2. The Kier molecular flexibility index (Phi) is 7.63. The number of para-hydroxylation sites is 2. The van der Waals surface area contributed by atoms with Crippen LogP contribution in [0.2, 0.25) is 0 Å². The van der Waals surface area contributed by atoms with E-state index in [1.165, 1.54) is 5.69 Å². The molecule has 2 N–H and O–H groups in total. The van der Waals surface area contributed by atoms with E-state index in [-0.39, 0.29) is 0 Å². The van der Waals surface area contributed by atoms with Gasteiger partial charge in [0.2, 0.25) is 0 Å². The zero-order valence-electron chi connectivity index (χ0n) is 15.3. The van der Waals surface area contributed by atoms with Gasteiger partial charge in [-0.2, -0.15) is 0 Å². The highest BCUT2D eigenvalue weighted by Gasteiger charge is 2.03. The zero-order chi connectivity index (χ0) is 17.9. The van der Waals surface area contributed by atoms with Crippen molar-refractivity contribution in [3.63, 3.8) is 0 Å². The van der Waals surface area contributed by atoms with E-state index in [0.29, 0.717) is 6.54 Å². The lowest BCUT2D eigenvalue weighted by molar-refractivity contribution is 0.410. The Morgan fingerprint density at radius 1 is 1.04 bits per heavy atom. The van der Waals surface area contributed by atoms with Crippen molar-refractivity contribution < 1.29 is 4.74 Å². The molecule has 0 saturated carbocycles. The maximum atomic E-state index is 5.38. The van der Waals surface area contributed by atoms with Gasteiger partial charge in [0.1, 0.15) is 5.75 Å². The van der Waals surface area contributed by atoms with Crippen molar-refractivity contribution in [3.8, 4) is 5.75 Å². The molecule has 0 radical (unpaired) electrons. The van der Waals surface area contributed by atoms with Crippen molar-refractivity contribution in [2.45, 2.75) is 13.5 Å². The lowest BCUT2D eigenvalue weighted by Gasteiger charge is -2.20. The molecule has 0 fully saturated rings. The number of hydrogen-bond acceptors (Lipinski definition) is 3. The highest BCUT2D eigenvalue weighted by Crippen LogP contribution is 2.17. The van der Waals surface area contributed by atoms with Gasteiger partial charge < -0.3 is 20.3 Å². The van der Waals surface area contributed by atoms with Gasteiger partial charge in [0.25, 0.3) is 0 Å². The summed E-state index contributed by atoms with van der Waals surface area (Å²) in [6.07, 6.45) is 0. The summed E-state index contributed by atoms with van der Waals surface area (Å²) in [6.45, 7) is 5.17. The number of guanidine groups is 1. The summed E-state index contributed by atoms with van der Waals surface area (Å²) < 4.78 is 5.38. The zero-order valence-corrected chi connectivity index (χ0v) is 15.3. The van der Waals surface area contributed by atoms with Crippen LogP contribution in [0, 0.1) is 0 Å². The third-order valence-electron chi connectivity index (χ3n) is 3.88. The molecule has 134 valence electrons. The molecule has 2 rings (SSSR count). The first kappa shape index (κ1) is 18.6. The van der Waals surface area contributed by atoms with E-state index in [2.05, 4.69) is 58.8 Å². The van der Waals surface area contributed by atoms with Crippen molar-refractivity contribution in [1.29, 1.82) is 0 Å². The molecule has 0 amide bonds. The largest absolute Gasteiger partial charge is 0.496 e. The van der Waals surface area contributed by atoms with E-state index in [9.17, 15) is 0 Å². The molecule has 0 aliphatic rings. The average Bonchev–Trinajstić information content (AvgIpc) is 2.66. The van der Waals surface area contributed by atoms with Crippen molar-refractivity contribution in [1.82, 2.24) is 10.6 Å². The Labute approximate surface area is 150 Å². The molecule has 0 aromatic heterocycles. The van der Waals surface area contributed by atoms with E-state index in [0.717, 1.165) is 36.9 Å². The number of nitrogens with zero attached hydrogens (tertiary/aromatic N) is 2. The van der Waals surface area contributed by atoms with Crippen molar-refractivity contribution in [2.75, 3.05) is 38.7 Å². The van der Waals surface area contributed by atoms with E-state index in [1.54, 1.807) is 7.11 Å². The van der Waals surface area contributed by atoms with Crippen LogP contribution < -0.4 is 20.3 Å². The minimum absolute atomic E-state index is 0.577. The predicted octanol–water partition coefficient (Wildman–Crippen LogP) is 2.89. The lowest BCUT2D eigenvalue weighted by Crippen LogP contribution is -2.41. The monoisotopic (exact) mass is 340 g/mol. The summed E-state index contributed by atoms with van der Waals surface area (Å²) in [4.78, 5) is 6.88. The van der Waals surface area contributed by atoms with Crippen molar-refractivity contribution >= 4 is 11.6 Å². The quantitative estimate of drug-likeness (QED) is 0.573. The van der Waals surface area contributed by atoms with Crippen LogP contribution in [0.3, 0.4) is 0 Å². The van der Waals surface area contributed by atoms with Crippen molar-refractivity contribution in [2.24, 2.45) is 4.99 Å². The van der Waals surface area contributed by atoms with Gasteiger partial charge in [-0.05, 0) is 25.1 Å². The average molecular weight is 340 g/mol. The van der Waals surface area contributed by atoms with Gasteiger partial charge in [-0.25, -0.2) is 4.99 Å². The highest BCUT2D eigenvalue weighted by atomic mass is 16.5. The van der Waals surface area contributed by atoms with Crippen LogP contribution in [0.4, 0.5) is 5.69 Å². The number of ether oxygens (including phenoxy) is 1. The van der Waals surface area contributed by atoms with Crippen LogP contribution in [0.1, 0.15) is 12.5 Å². The molecule has 0 atom stereocenters. The van der Waals surface area contributed by atoms with Crippen LogP contribution in [-0.4, -0.2) is 39.8 Å². The topological polar surface area (TPSA) is 48.9 Å². The molecule has 5 heteroatoms. The third kappa shape index (κ3) is 6.03. The molecule has 0 spiro atoms. The number of nitrogens with one attached hydrogen (secondary N) is 2. The molecule has 2 aromatic carbocycles. The molecular weight excluding hydrogens is 312 g/mol. The van der Waals surface area contributed by atoms with Crippen LogP contribution in [-0.2, 0) is 6.54 Å². The number of methoxy groups -OCH3 is 1. The summed E-state index contributed by atoms with van der Waals surface area (Å²) >= 11 is 0. The first-order chi connectivity index (χ1) is 12.2.